The summed E-state index contributed by atoms with van der Waals surface area (Å²) in [7, 11) is 0. The number of hydrogen-bond donors (Lipinski definition) is 2. The Morgan fingerprint density at radius 2 is 2.00 bits per heavy atom. The smallest absolute Gasteiger partial charge is 0.195 e. The number of hydrogen-bond acceptors (Lipinski definition) is 3. The maximum atomic E-state index is 12.3. The summed E-state index contributed by atoms with van der Waals surface area (Å²) in [6.07, 6.45) is 5.48. The number of ketones is 1. The van der Waals surface area contributed by atoms with Crippen LogP contribution in [0, 0.1) is 5.41 Å². The average Bonchev–Trinajstić information content (AvgIpc) is 2.97. The second kappa shape index (κ2) is 2.98. The van der Waals surface area contributed by atoms with E-state index < -0.39 is 5.60 Å². The molecule has 1 spiro atoms. The van der Waals surface area contributed by atoms with Crippen LogP contribution in [-0.4, -0.2) is 28.2 Å². The summed E-state index contributed by atoms with van der Waals surface area (Å²) < 4.78 is 0. The van der Waals surface area contributed by atoms with Gasteiger partial charge in [-0.05, 0) is 49.5 Å². The van der Waals surface area contributed by atoms with E-state index in [1.54, 1.807) is 13.0 Å². The maximum Gasteiger partial charge on any atom is 0.195 e. The molecule has 0 aromatic carbocycles. The number of rotatable bonds is 1. The van der Waals surface area contributed by atoms with E-state index in [0.717, 1.165) is 29.6 Å². The number of Topliss-reactive ketones (excluding diaryl/α,β-unsaturated/α-hetero) is 1. The third kappa shape index (κ3) is 1.16. The molecule has 0 amide bonds. The van der Waals surface area contributed by atoms with Crippen LogP contribution < -0.4 is 0 Å². The van der Waals surface area contributed by atoms with E-state index >= 15 is 0 Å². The molecule has 0 heterocycles. The molecule has 1 fully saturated rings. The predicted molar refractivity (Wildman–Crippen MR) is 63.2 cm³/mol. The summed E-state index contributed by atoms with van der Waals surface area (Å²) in [6, 6.07) is 0. The van der Waals surface area contributed by atoms with Crippen LogP contribution in [0.15, 0.2) is 34.4 Å². The van der Waals surface area contributed by atoms with Crippen molar-refractivity contribution in [3.63, 3.8) is 0 Å². The third-order valence-corrected chi connectivity index (χ3v) is 4.48. The summed E-state index contributed by atoms with van der Waals surface area (Å²) >= 11 is 0. The van der Waals surface area contributed by atoms with Crippen LogP contribution in [0.1, 0.15) is 26.7 Å². The van der Waals surface area contributed by atoms with Gasteiger partial charge in [-0.1, -0.05) is 6.08 Å². The normalized spacial score (nSPS) is 33.8. The van der Waals surface area contributed by atoms with Crippen LogP contribution in [0.25, 0.3) is 0 Å². The fraction of sp³-hybridized carbons (Fsp3) is 0.500. The van der Waals surface area contributed by atoms with Crippen LogP contribution in [-0.2, 0) is 4.79 Å². The molecular weight excluding hydrogens is 216 g/mol. The first-order valence-electron chi connectivity index (χ1n) is 5.96. The second-order valence-electron chi connectivity index (χ2n) is 5.49. The highest BCUT2D eigenvalue weighted by atomic mass is 16.3. The summed E-state index contributed by atoms with van der Waals surface area (Å²) in [5.74, 6) is -0.199. The van der Waals surface area contributed by atoms with Gasteiger partial charge in [0.15, 0.2) is 5.78 Å². The van der Waals surface area contributed by atoms with Gasteiger partial charge in [-0.25, -0.2) is 0 Å². The van der Waals surface area contributed by atoms with Gasteiger partial charge in [0.05, 0.1) is 6.61 Å². The van der Waals surface area contributed by atoms with Gasteiger partial charge in [-0.15, -0.1) is 0 Å². The van der Waals surface area contributed by atoms with Gasteiger partial charge in [0.2, 0.25) is 0 Å². The van der Waals surface area contributed by atoms with Crippen LogP contribution in [0.5, 0.6) is 0 Å². The largest absolute Gasteiger partial charge is 0.392 e. The Kier molecular flexibility index (Phi) is 1.91. The first-order valence-corrected chi connectivity index (χ1v) is 5.96. The van der Waals surface area contributed by atoms with Gasteiger partial charge in [-0.2, -0.15) is 0 Å². The van der Waals surface area contributed by atoms with E-state index in [-0.39, 0.29) is 17.8 Å². The fourth-order valence-corrected chi connectivity index (χ4v) is 2.99. The van der Waals surface area contributed by atoms with Crippen LogP contribution in [0.4, 0.5) is 0 Å². The average molecular weight is 232 g/mol. The molecule has 3 heteroatoms. The van der Waals surface area contributed by atoms with Gasteiger partial charge in [0.25, 0.3) is 0 Å². The lowest BCUT2D eigenvalue weighted by Gasteiger charge is -2.35. The van der Waals surface area contributed by atoms with Gasteiger partial charge in [0, 0.05) is 11.0 Å². The van der Waals surface area contributed by atoms with Gasteiger partial charge >= 0.3 is 0 Å². The molecule has 1 atom stereocenters. The van der Waals surface area contributed by atoms with Crippen molar-refractivity contribution in [3.05, 3.63) is 34.4 Å². The Bertz CT molecular complexity index is 514. The van der Waals surface area contributed by atoms with Crippen molar-refractivity contribution >= 4 is 5.78 Å². The molecule has 90 valence electrons. The lowest BCUT2D eigenvalue weighted by molar-refractivity contribution is -0.137. The first kappa shape index (κ1) is 10.9. The van der Waals surface area contributed by atoms with E-state index in [1.165, 1.54) is 0 Å². The Morgan fingerprint density at radius 3 is 2.53 bits per heavy atom. The molecule has 0 radical (unpaired) electrons. The van der Waals surface area contributed by atoms with Crippen LogP contribution >= 0.6 is 0 Å². The van der Waals surface area contributed by atoms with E-state index in [4.69, 9.17) is 0 Å². The maximum absolute atomic E-state index is 12.3. The van der Waals surface area contributed by atoms with Gasteiger partial charge < -0.3 is 10.2 Å². The number of carbonyl (C=O) groups is 1. The minimum atomic E-state index is -1.28. The number of carbonyl (C=O) groups excluding carboxylic acids is 1. The molecular formula is C14H16O3. The standard InChI is InChI=1S/C14H16O3/c1-8-5-9-10(11(8)7-15)6-14(3-4-14)13(2,17)12(9)16/h5-6,15,17H,3-4,7H2,1-2H3/t13-/m0/s1. The molecule has 3 aliphatic carbocycles. The SMILES string of the molecule is CC1=C(CO)C2=CC3(CC3)[C@@](C)(O)C(=O)C2=C1. The van der Waals surface area contributed by atoms with E-state index in [2.05, 4.69) is 0 Å². The molecule has 0 aromatic rings. The van der Waals surface area contributed by atoms with Crippen molar-refractivity contribution in [3.8, 4) is 0 Å². The van der Waals surface area contributed by atoms with Crippen molar-refractivity contribution in [2.24, 2.45) is 5.41 Å². The lowest BCUT2D eigenvalue weighted by Crippen LogP contribution is -2.47. The number of fused-ring (bicyclic) bond motifs is 1. The molecule has 3 nitrogen and oxygen atoms in total. The summed E-state index contributed by atoms with van der Waals surface area (Å²) in [5.41, 5.74) is 1.49. The minimum absolute atomic E-state index is 0.0524. The minimum Gasteiger partial charge on any atom is -0.392 e. The second-order valence-corrected chi connectivity index (χ2v) is 5.49. The van der Waals surface area contributed by atoms with E-state index in [1.807, 2.05) is 13.0 Å². The topological polar surface area (TPSA) is 57.5 Å². The number of allylic oxidation sites excluding steroid dienone is 2. The molecule has 3 rings (SSSR count). The van der Waals surface area contributed by atoms with Gasteiger partial charge in [-0.3, -0.25) is 4.79 Å². The summed E-state index contributed by atoms with van der Waals surface area (Å²) in [6.45, 7) is 3.45. The van der Waals surface area contributed by atoms with Gasteiger partial charge in [0.1, 0.15) is 5.60 Å². The lowest BCUT2D eigenvalue weighted by atomic mass is 9.72. The molecule has 3 aliphatic rings. The van der Waals surface area contributed by atoms with E-state index in [9.17, 15) is 15.0 Å². The monoisotopic (exact) mass is 232 g/mol. The molecule has 0 aromatic heterocycles. The van der Waals surface area contributed by atoms with Crippen molar-refractivity contribution in [2.45, 2.75) is 32.3 Å². The zero-order valence-electron chi connectivity index (χ0n) is 10.1. The van der Waals surface area contributed by atoms with Crippen molar-refractivity contribution in [1.82, 2.24) is 0 Å². The zero-order chi connectivity index (χ0) is 12.4. The quantitative estimate of drug-likeness (QED) is 0.716. The van der Waals surface area contributed by atoms with Crippen molar-refractivity contribution in [1.29, 1.82) is 0 Å². The summed E-state index contributed by atoms with van der Waals surface area (Å²) in [5, 5.41) is 19.8. The molecule has 0 saturated heterocycles. The van der Waals surface area contributed by atoms with E-state index in [0.29, 0.717) is 5.57 Å². The third-order valence-electron chi connectivity index (χ3n) is 4.48. The predicted octanol–water partition coefficient (Wildman–Crippen LogP) is 1.28. The summed E-state index contributed by atoms with van der Waals surface area (Å²) in [4.78, 5) is 12.3. The Hall–Kier alpha value is -1.19. The first-order chi connectivity index (χ1) is 7.93. The Balaban J connectivity index is 2.19. The Labute approximate surface area is 100 Å². The highest BCUT2D eigenvalue weighted by Crippen LogP contribution is 2.60. The highest BCUT2D eigenvalue weighted by molar-refractivity contribution is 6.10. The highest BCUT2D eigenvalue weighted by Gasteiger charge is 2.62. The molecule has 2 N–H and O–H groups in total. The van der Waals surface area contributed by atoms with Crippen molar-refractivity contribution in [2.75, 3.05) is 6.61 Å². The fourth-order valence-electron chi connectivity index (χ4n) is 2.99. The number of aliphatic hydroxyl groups excluding tert-OH is 1. The Morgan fingerprint density at radius 1 is 1.35 bits per heavy atom. The molecule has 17 heavy (non-hydrogen) atoms. The number of aliphatic hydroxyl groups is 2. The van der Waals surface area contributed by atoms with Crippen molar-refractivity contribution < 1.29 is 15.0 Å². The molecule has 0 bridgehead atoms. The van der Waals surface area contributed by atoms with Crippen LogP contribution in [0.2, 0.25) is 0 Å². The van der Waals surface area contributed by atoms with Crippen LogP contribution in [0.3, 0.4) is 0 Å². The molecule has 0 aliphatic heterocycles. The molecule has 0 unspecified atom stereocenters. The molecule has 1 saturated carbocycles. The zero-order valence-corrected chi connectivity index (χ0v) is 10.1.